The van der Waals surface area contributed by atoms with Crippen molar-refractivity contribution in [1.82, 2.24) is 9.55 Å². The zero-order valence-electron chi connectivity index (χ0n) is 19.0. The SMILES string of the molecule is CCC(C(=O)Nc1cccc(C(F)(F)F)c1)n1cnc2scc(-c3ccc4ccccc4c3)c2c1=O. The number of amides is 1. The van der Waals surface area contributed by atoms with Gasteiger partial charge in [0.2, 0.25) is 5.91 Å². The van der Waals surface area contributed by atoms with E-state index in [1.807, 2.05) is 47.8 Å². The van der Waals surface area contributed by atoms with Crippen LogP contribution in [0.4, 0.5) is 18.9 Å². The van der Waals surface area contributed by atoms with Crippen LogP contribution in [0.1, 0.15) is 24.9 Å². The van der Waals surface area contributed by atoms with Gasteiger partial charge in [0, 0.05) is 16.6 Å². The van der Waals surface area contributed by atoms with Gasteiger partial charge >= 0.3 is 6.18 Å². The number of aromatic nitrogens is 2. The molecule has 0 bridgehead atoms. The van der Waals surface area contributed by atoms with Crippen molar-refractivity contribution in [1.29, 1.82) is 0 Å². The first-order valence-electron chi connectivity index (χ1n) is 11.2. The highest BCUT2D eigenvalue weighted by Crippen LogP contribution is 2.33. The van der Waals surface area contributed by atoms with Crippen molar-refractivity contribution in [2.24, 2.45) is 0 Å². The minimum Gasteiger partial charge on any atom is -0.324 e. The molecule has 5 nitrogen and oxygen atoms in total. The van der Waals surface area contributed by atoms with Crippen molar-refractivity contribution in [2.45, 2.75) is 25.6 Å². The average molecular weight is 508 g/mol. The lowest BCUT2D eigenvalue weighted by atomic mass is 10.0. The minimum absolute atomic E-state index is 0.00254. The van der Waals surface area contributed by atoms with Crippen molar-refractivity contribution < 1.29 is 18.0 Å². The highest BCUT2D eigenvalue weighted by Gasteiger charge is 2.31. The molecule has 0 saturated heterocycles. The van der Waals surface area contributed by atoms with Gasteiger partial charge in [0.15, 0.2) is 0 Å². The number of halogens is 3. The number of nitrogens with one attached hydrogen (secondary N) is 1. The Morgan fingerprint density at radius 3 is 2.58 bits per heavy atom. The first-order valence-corrected chi connectivity index (χ1v) is 12.1. The number of thiophene rings is 1. The summed E-state index contributed by atoms with van der Waals surface area (Å²) in [6.07, 6.45) is -2.96. The van der Waals surface area contributed by atoms with Crippen molar-refractivity contribution >= 4 is 43.9 Å². The topological polar surface area (TPSA) is 64.0 Å². The van der Waals surface area contributed by atoms with E-state index in [4.69, 9.17) is 0 Å². The summed E-state index contributed by atoms with van der Waals surface area (Å²) in [5.74, 6) is -0.595. The molecule has 0 aliphatic carbocycles. The van der Waals surface area contributed by atoms with Gasteiger partial charge in [0.25, 0.3) is 5.56 Å². The molecule has 182 valence electrons. The Morgan fingerprint density at radius 1 is 1.06 bits per heavy atom. The maximum absolute atomic E-state index is 13.6. The maximum atomic E-state index is 13.6. The number of carbonyl (C=O) groups is 1. The maximum Gasteiger partial charge on any atom is 0.416 e. The number of rotatable bonds is 5. The molecule has 3 aromatic carbocycles. The molecule has 2 aromatic heterocycles. The van der Waals surface area contributed by atoms with E-state index < -0.39 is 23.7 Å². The fourth-order valence-electron chi connectivity index (χ4n) is 4.24. The van der Waals surface area contributed by atoms with E-state index >= 15 is 0 Å². The summed E-state index contributed by atoms with van der Waals surface area (Å²) < 4.78 is 40.4. The molecule has 9 heteroatoms. The zero-order valence-corrected chi connectivity index (χ0v) is 19.9. The zero-order chi connectivity index (χ0) is 25.4. The molecule has 0 saturated carbocycles. The molecular formula is C27H20F3N3O2S. The predicted molar refractivity (Wildman–Crippen MR) is 136 cm³/mol. The standard InChI is InChI=1S/C27H20F3N3O2S/c1-2-22(24(34)32-20-9-5-8-19(13-20)27(28,29)30)33-15-31-25-23(26(33)35)21(14-36-25)18-11-10-16-6-3-4-7-17(16)12-18/h3-15,22H,2H2,1H3,(H,32,34). The molecule has 1 unspecified atom stereocenters. The summed E-state index contributed by atoms with van der Waals surface area (Å²) in [7, 11) is 0. The molecule has 0 aliphatic rings. The summed E-state index contributed by atoms with van der Waals surface area (Å²) in [6, 6.07) is 17.3. The molecular weight excluding hydrogens is 487 g/mol. The van der Waals surface area contributed by atoms with Crippen LogP contribution in [0.15, 0.2) is 83.2 Å². The first kappa shape index (κ1) is 23.7. The molecule has 36 heavy (non-hydrogen) atoms. The predicted octanol–water partition coefficient (Wildman–Crippen LogP) is 6.89. The molecule has 1 atom stereocenters. The van der Waals surface area contributed by atoms with Crippen LogP contribution in [0.25, 0.3) is 32.1 Å². The lowest BCUT2D eigenvalue weighted by molar-refractivity contribution is -0.137. The van der Waals surface area contributed by atoms with E-state index in [-0.39, 0.29) is 17.7 Å². The largest absolute Gasteiger partial charge is 0.416 e. The van der Waals surface area contributed by atoms with Crippen molar-refractivity contribution in [3.8, 4) is 11.1 Å². The number of fused-ring (bicyclic) bond motifs is 2. The van der Waals surface area contributed by atoms with E-state index in [2.05, 4.69) is 10.3 Å². The lowest BCUT2D eigenvalue weighted by Crippen LogP contribution is -2.33. The van der Waals surface area contributed by atoms with E-state index in [0.717, 1.165) is 34.0 Å². The van der Waals surface area contributed by atoms with Crippen molar-refractivity contribution in [2.75, 3.05) is 5.32 Å². The van der Waals surface area contributed by atoms with Crippen molar-refractivity contribution in [3.05, 3.63) is 94.4 Å². The molecule has 0 radical (unpaired) electrons. The normalized spacial score (nSPS) is 12.7. The first-order chi connectivity index (χ1) is 17.3. The number of anilines is 1. The second kappa shape index (κ2) is 9.23. The van der Waals surface area contributed by atoms with Crippen LogP contribution in [0.5, 0.6) is 0 Å². The van der Waals surface area contributed by atoms with Gasteiger partial charge in [-0.2, -0.15) is 13.2 Å². The van der Waals surface area contributed by atoms with Crippen LogP contribution >= 0.6 is 11.3 Å². The van der Waals surface area contributed by atoms with Gasteiger partial charge in [-0.1, -0.05) is 49.4 Å². The number of hydrogen-bond donors (Lipinski definition) is 1. The summed E-state index contributed by atoms with van der Waals surface area (Å²) in [5, 5.41) is 6.90. The number of benzene rings is 3. The number of alkyl halides is 3. The van der Waals surface area contributed by atoms with Gasteiger partial charge < -0.3 is 5.32 Å². The Morgan fingerprint density at radius 2 is 1.83 bits per heavy atom. The van der Waals surface area contributed by atoms with Gasteiger partial charge in [-0.3, -0.25) is 14.2 Å². The van der Waals surface area contributed by atoms with Crippen LogP contribution in [0.2, 0.25) is 0 Å². The Labute approximate surface area is 207 Å². The summed E-state index contributed by atoms with van der Waals surface area (Å²) in [5.41, 5.74) is 0.337. The molecule has 5 rings (SSSR count). The highest BCUT2D eigenvalue weighted by molar-refractivity contribution is 7.17. The molecule has 0 fully saturated rings. The summed E-state index contributed by atoms with van der Waals surface area (Å²) in [6.45, 7) is 1.73. The molecule has 0 aliphatic heterocycles. The fourth-order valence-corrected chi connectivity index (χ4v) is 5.15. The second-order valence-electron chi connectivity index (χ2n) is 8.34. The highest BCUT2D eigenvalue weighted by atomic mass is 32.1. The van der Waals surface area contributed by atoms with Crippen LogP contribution < -0.4 is 10.9 Å². The fraction of sp³-hybridized carbons (Fsp3) is 0.148. The van der Waals surface area contributed by atoms with Crippen LogP contribution in [-0.2, 0) is 11.0 Å². The summed E-state index contributed by atoms with van der Waals surface area (Å²) in [4.78, 5) is 31.6. The minimum atomic E-state index is -4.53. The Hall–Kier alpha value is -3.98. The van der Waals surface area contributed by atoms with Crippen LogP contribution in [0, 0.1) is 0 Å². The lowest BCUT2D eigenvalue weighted by Gasteiger charge is -2.18. The van der Waals surface area contributed by atoms with Gasteiger partial charge in [0.1, 0.15) is 10.9 Å². The Bertz CT molecular complexity index is 1660. The van der Waals surface area contributed by atoms with Crippen LogP contribution in [-0.4, -0.2) is 15.5 Å². The Balaban J connectivity index is 1.52. The van der Waals surface area contributed by atoms with E-state index in [1.165, 1.54) is 34.4 Å². The Kier molecular flexibility index (Phi) is 6.09. The smallest absolute Gasteiger partial charge is 0.324 e. The number of nitrogens with zero attached hydrogens (tertiary/aromatic N) is 2. The van der Waals surface area contributed by atoms with Gasteiger partial charge in [-0.25, -0.2) is 4.98 Å². The second-order valence-corrected chi connectivity index (χ2v) is 9.20. The van der Waals surface area contributed by atoms with Gasteiger partial charge in [-0.15, -0.1) is 11.3 Å². The number of carbonyl (C=O) groups excluding carboxylic acids is 1. The average Bonchev–Trinajstić information content (AvgIpc) is 3.30. The van der Waals surface area contributed by atoms with Gasteiger partial charge in [-0.05, 0) is 47.0 Å². The third kappa shape index (κ3) is 4.37. The molecule has 1 amide bonds. The quantitative estimate of drug-likeness (QED) is 0.282. The third-order valence-electron chi connectivity index (χ3n) is 6.06. The molecule has 5 aromatic rings. The van der Waals surface area contributed by atoms with Gasteiger partial charge in [0.05, 0.1) is 17.3 Å². The van der Waals surface area contributed by atoms with E-state index in [9.17, 15) is 22.8 Å². The molecule has 0 spiro atoms. The van der Waals surface area contributed by atoms with E-state index in [0.29, 0.717) is 10.2 Å². The molecule has 2 heterocycles. The number of hydrogen-bond acceptors (Lipinski definition) is 4. The monoisotopic (exact) mass is 507 g/mol. The van der Waals surface area contributed by atoms with E-state index in [1.54, 1.807) is 6.92 Å². The summed E-state index contributed by atoms with van der Waals surface area (Å²) >= 11 is 1.34. The third-order valence-corrected chi connectivity index (χ3v) is 6.95. The molecule has 1 N–H and O–H groups in total. The van der Waals surface area contributed by atoms with Crippen molar-refractivity contribution in [3.63, 3.8) is 0 Å². The van der Waals surface area contributed by atoms with Crippen LogP contribution in [0.3, 0.4) is 0 Å².